The fourth-order valence-corrected chi connectivity index (χ4v) is 2.01. The van der Waals surface area contributed by atoms with E-state index < -0.39 is 30.1 Å². The summed E-state index contributed by atoms with van der Waals surface area (Å²) in [6, 6.07) is -1.52. The van der Waals surface area contributed by atoms with Crippen LogP contribution in [0.5, 0.6) is 0 Å². The van der Waals surface area contributed by atoms with E-state index in [9.17, 15) is 14.4 Å². The van der Waals surface area contributed by atoms with Crippen LogP contribution in [0.3, 0.4) is 0 Å². The van der Waals surface area contributed by atoms with Gasteiger partial charge < -0.3 is 20.1 Å². The molecule has 0 bridgehead atoms. The van der Waals surface area contributed by atoms with Crippen LogP contribution >= 0.6 is 0 Å². The second kappa shape index (κ2) is 13.5. The molecule has 2 amide bonds. The van der Waals surface area contributed by atoms with Crippen molar-refractivity contribution in [2.75, 3.05) is 13.2 Å². The Hall–Kier alpha value is -1.79. The molecule has 0 aliphatic rings. The second-order valence-corrected chi connectivity index (χ2v) is 6.57. The maximum Gasteiger partial charge on any atom is 0.407 e. The molecule has 7 nitrogen and oxygen atoms in total. The van der Waals surface area contributed by atoms with Crippen LogP contribution in [-0.4, -0.2) is 43.3 Å². The highest BCUT2D eigenvalue weighted by Gasteiger charge is 2.26. The van der Waals surface area contributed by atoms with Crippen molar-refractivity contribution >= 4 is 18.0 Å². The zero-order valence-corrected chi connectivity index (χ0v) is 16.2. The summed E-state index contributed by atoms with van der Waals surface area (Å²) in [6.45, 7) is 10.1. The van der Waals surface area contributed by atoms with Crippen LogP contribution in [0.15, 0.2) is 0 Å². The molecule has 2 N–H and O–H groups in total. The molecule has 0 spiro atoms. The standard InChI is InChI=1S/C18H34N2O5/c1-6-8-10-24-17(22)14(5)19-16(21)15(12-13(3)4)20-18(23)25-11-9-7-2/h13-15H,6-12H2,1-5H3,(H,19,21)(H,20,23). The number of ether oxygens (including phenoxy) is 2. The number of unbranched alkanes of at least 4 members (excludes halogenated alkanes) is 2. The minimum atomic E-state index is -0.767. The number of hydrogen-bond acceptors (Lipinski definition) is 5. The van der Waals surface area contributed by atoms with E-state index in [0.29, 0.717) is 19.6 Å². The van der Waals surface area contributed by atoms with Crippen molar-refractivity contribution in [1.29, 1.82) is 0 Å². The highest BCUT2D eigenvalue weighted by atomic mass is 16.5. The molecule has 0 aromatic rings. The predicted octanol–water partition coefficient (Wildman–Crippen LogP) is 2.78. The van der Waals surface area contributed by atoms with Gasteiger partial charge in [0, 0.05) is 0 Å². The summed E-state index contributed by atoms with van der Waals surface area (Å²) in [7, 11) is 0. The van der Waals surface area contributed by atoms with E-state index in [1.807, 2.05) is 27.7 Å². The molecule has 0 fully saturated rings. The number of carbonyl (C=O) groups is 3. The first-order valence-corrected chi connectivity index (χ1v) is 9.22. The van der Waals surface area contributed by atoms with Gasteiger partial charge in [0.2, 0.25) is 5.91 Å². The summed E-state index contributed by atoms with van der Waals surface area (Å²) in [6.07, 6.45) is 3.23. The molecular formula is C18H34N2O5. The second-order valence-electron chi connectivity index (χ2n) is 6.57. The van der Waals surface area contributed by atoms with E-state index in [0.717, 1.165) is 25.7 Å². The summed E-state index contributed by atoms with van der Waals surface area (Å²) in [4.78, 5) is 36.0. The van der Waals surface area contributed by atoms with Gasteiger partial charge in [-0.1, -0.05) is 40.5 Å². The van der Waals surface area contributed by atoms with E-state index in [1.165, 1.54) is 0 Å². The van der Waals surface area contributed by atoms with Crippen LogP contribution < -0.4 is 10.6 Å². The van der Waals surface area contributed by atoms with E-state index >= 15 is 0 Å². The quantitative estimate of drug-likeness (QED) is 0.413. The Bertz CT molecular complexity index is 412. The molecule has 0 aromatic heterocycles. The third-order valence-electron chi connectivity index (χ3n) is 3.50. The molecule has 0 radical (unpaired) electrons. The third-order valence-corrected chi connectivity index (χ3v) is 3.50. The Morgan fingerprint density at radius 2 is 1.44 bits per heavy atom. The van der Waals surface area contributed by atoms with E-state index in [1.54, 1.807) is 6.92 Å². The van der Waals surface area contributed by atoms with Gasteiger partial charge in [0.1, 0.15) is 12.1 Å². The highest BCUT2D eigenvalue weighted by molar-refractivity contribution is 5.89. The van der Waals surface area contributed by atoms with Crippen LogP contribution in [-0.2, 0) is 19.1 Å². The number of carbonyl (C=O) groups excluding carboxylic acids is 3. The van der Waals surface area contributed by atoms with Gasteiger partial charge in [0.25, 0.3) is 0 Å². The molecule has 2 atom stereocenters. The Balaban J connectivity index is 4.56. The van der Waals surface area contributed by atoms with Crippen LogP contribution in [0.25, 0.3) is 0 Å². The Morgan fingerprint density at radius 3 is 1.96 bits per heavy atom. The van der Waals surface area contributed by atoms with Crippen molar-refractivity contribution in [1.82, 2.24) is 10.6 Å². The third kappa shape index (κ3) is 11.4. The summed E-state index contributed by atoms with van der Waals surface area (Å²) in [5.74, 6) is -0.699. The number of alkyl carbamates (subject to hydrolysis) is 1. The smallest absolute Gasteiger partial charge is 0.407 e. The molecule has 7 heteroatoms. The fourth-order valence-electron chi connectivity index (χ4n) is 2.01. The summed E-state index contributed by atoms with van der Waals surface area (Å²) < 4.78 is 10.1. The van der Waals surface area contributed by atoms with Crippen LogP contribution in [0.4, 0.5) is 4.79 Å². The molecule has 0 saturated heterocycles. The van der Waals surface area contributed by atoms with Crippen molar-refractivity contribution in [2.45, 2.75) is 78.8 Å². The fraction of sp³-hybridized carbons (Fsp3) is 0.833. The maximum atomic E-state index is 12.4. The van der Waals surface area contributed by atoms with Gasteiger partial charge in [0.15, 0.2) is 0 Å². The topological polar surface area (TPSA) is 93.7 Å². The molecule has 0 heterocycles. The lowest BCUT2D eigenvalue weighted by molar-refractivity contribution is -0.147. The van der Waals surface area contributed by atoms with Gasteiger partial charge in [0.05, 0.1) is 13.2 Å². The molecule has 25 heavy (non-hydrogen) atoms. The van der Waals surface area contributed by atoms with Gasteiger partial charge in [-0.25, -0.2) is 9.59 Å². The van der Waals surface area contributed by atoms with Crippen LogP contribution in [0, 0.1) is 5.92 Å². The SMILES string of the molecule is CCCCOC(=O)NC(CC(C)C)C(=O)NC(C)C(=O)OCCCC. The van der Waals surface area contributed by atoms with Crippen molar-refractivity contribution in [3.8, 4) is 0 Å². The molecule has 2 unspecified atom stereocenters. The number of esters is 1. The first-order chi connectivity index (χ1) is 11.8. The van der Waals surface area contributed by atoms with Gasteiger partial charge in [-0.3, -0.25) is 4.79 Å². The average molecular weight is 358 g/mol. The summed E-state index contributed by atoms with van der Waals surface area (Å²) >= 11 is 0. The normalized spacial score (nSPS) is 13.0. The number of rotatable bonds is 12. The lowest BCUT2D eigenvalue weighted by Crippen LogP contribution is -2.51. The van der Waals surface area contributed by atoms with E-state index in [2.05, 4.69) is 10.6 Å². The van der Waals surface area contributed by atoms with Crippen molar-refractivity contribution in [2.24, 2.45) is 5.92 Å². The minimum absolute atomic E-state index is 0.193. The predicted molar refractivity (Wildman–Crippen MR) is 96.1 cm³/mol. The lowest BCUT2D eigenvalue weighted by atomic mass is 10.0. The van der Waals surface area contributed by atoms with Crippen molar-refractivity contribution < 1.29 is 23.9 Å². The van der Waals surface area contributed by atoms with Crippen LogP contribution in [0.2, 0.25) is 0 Å². The molecular weight excluding hydrogens is 324 g/mol. The minimum Gasteiger partial charge on any atom is -0.464 e. The molecule has 0 aliphatic heterocycles. The lowest BCUT2D eigenvalue weighted by Gasteiger charge is -2.22. The first-order valence-electron chi connectivity index (χ1n) is 9.22. The Labute approximate surface area is 151 Å². The highest BCUT2D eigenvalue weighted by Crippen LogP contribution is 2.06. The average Bonchev–Trinajstić information content (AvgIpc) is 2.54. The molecule has 0 saturated carbocycles. The maximum absolute atomic E-state index is 12.4. The summed E-state index contributed by atoms with van der Waals surface area (Å²) in [5.41, 5.74) is 0. The van der Waals surface area contributed by atoms with Gasteiger partial charge >= 0.3 is 12.1 Å². The molecule has 0 rings (SSSR count). The van der Waals surface area contributed by atoms with E-state index in [-0.39, 0.29) is 5.92 Å². The van der Waals surface area contributed by atoms with Crippen molar-refractivity contribution in [3.63, 3.8) is 0 Å². The van der Waals surface area contributed by atoms with Gasteiger partial charge in [-0.15, -0.1) is 0 Å². The Kier molecular flexibility index (Phi) is 12.5. The zero-order valence-electron chi connectivity index (χ0n) is 16.2. The number of nitrogens with one attached hydrogen (secondary N) is 2. The van der Waals surface area contributed by atoms with Gasteiger partial charge in [-0.2, -0.15) is 0 Å². The number of hydrogen-bond donors (Lipinski definition) is 2. The Morgan fingerprint density at radius 1 is 0.880 bits per heavy atom. The molecule has 0 aliphatic carbocycles. The largest absolute Gasteiger partial charge is 0.464 e. The molecule has 146 valence electrons. The number of amides is 2. The van der Waals surface area contributed by atoms with Crippen molar-refractivity contribution in [3.05, 3.63) is 0 Å². The van der Waals surface area contributed by atoms with E-state index in [4.69, 9.17) is 9.47 Å². The summed E-state index contributed by atoms with van der Waals surface area (Å²) in [5, 5.41) is 5.18. The molecule has 0 aromatic carbocycles. The van der Waals surface area contributed by atoms with Crippen LogP contribution in [0.1, 0.15) is 66.7 Å². The zero-order chi connectivity index (χ0) is 19.2. The van der Waals surface area contributed by atoms with Gasteiger partial charge in [-0.05, 0) is 32.1 Å². The first kappa shape index (κ1) is 23.2. The monoisotopic (exact) mass is 358 g/mol.